The molecule has 0 aromatic rings. The van der Waals surface area contributed by atoms with Crippen molar-refractivity contribution in [2.75, 3.05) is 0 Å². The average molecular weight is 526 g/mol. The first kappa shape index (κ1) is 25.0. The monoisotopic (exact) mass is 525 g/mol. The summed E-state index contributed by atoms with van der Waals surface area (Å²) >= 11 is 2.43. The molecule has 2 saturated heterocycles. The fraction of sp³-hybridized carbons (Fsp3) is 1.00. The maximum Gasteiger partial charge on any atom is 0.0766 e. The summed E-state index contributed by atoms with van der Waals surface area (Å²) < 4.78 is 7.56. The number of fused-ring (bicyclic) bond motifs is 8. The molecular weight excluding hydrogens is 470 g/mol. The molecule has 8 rings (SSSR count). The van der Waals surface area contributed by atoms with Crippen LogP contribution in [-0.4, -0.2) is 45.7 Å². The predicted octanol–water partition coefficient (Wildman–Crippen LogP) is 8.62. The molecule has 2 heterocycles. The SMILES string of the molecule is C1CCC(N(C2CCC3CCCCC3C2)C2CCCC3C4CCC5SC6CCCCC6C5C4OC32)CC1. The van der Waals surface area contributed by atoms with Gasteiger partial charge in [-0.05, 0) is 100 Å². The maximum absolute atomic E-state index is 7.56. The second-order valence-electron chi connectivity index (χ2n) is 15.2. The van der Waals surface area contributed by atoms with Crippen LogP contribution in [0, 0.1) is 35.5 Å². The van der Waals surface area contributed by atoms with Crippen molar-refractivity contribution in [2.45, 2.75) is 176 Å². The van der Waals surface area contributed by atoms with Crippen LogP contribution in [-0.2, 0) is 4.74 Å². The van der Waals surface area contributed by atoms with Gasteiger partial charge in [-0.15, -0.1) is 0 Å². The van der Waals surface area contributed by atoms with Gasteiger partial charge in [-0.1, -0.05) is 64.2 Å². The van der Waals surface area contributed by atoms with Gasteiger partial charge in [-0.2, -0.15) is 11.8 Å². The van der Waals surface area contributed by atoms with Crippen LogP contribution in [0.1, 0.15) is 135 Å². The lowest BCUT2D eigenvalue weighted by Crippen LogP contribution is -2.58. The van der Waals surface area contributed by atoms with Gasteiger partial charge in [0.05, 0.1) is 12.2 Å². The second-order valence-corrected chi connectivity index (χ2v) is 16.7. The number of thioether (sulfide) groups is 1. The van der Waals surface area contributed by atoms with E-state index in [0.717, 1.165) is 64.1 Å². The van der Waals surface area contributed by atoms with Crippen LogP contribution in [0.3, 0.4) is 0 Å². The smallest absolute Gasteiger partial charge is 0.0766 e. The fourth-order valence-electron chi connectivity index (χ4n) is 12.2. The van der Waals surface area contributed by atoms with Crippen LogP contribution in [0.25, 0.3) is 0 Å². The maximum atomic E-state index is 7.56. The summed E-state index contributed by atoms with van der Waals surface area (Å²) in [5.41, 5.74) is 0. The lowest BCUT2D eigenvalue weighted by molar-refractivity contribution is -0.0997. The van der Waals surface area contributed by atoms with Gasteiger partial charge in [0, 0.05) is 34.5 Å². The normalized spacial score (nSPS) is 52.1. The Balaban J connectivity index is 1.07. The molecule has 37 heavy (non-hydrogen) atoms. The molecule has 0 radical (unpaired) electrons. The van der Waals surface area contributed by atoms with E-state index in [-0.39, 0.29) is 0 Å². The minimum absolute atomic E-state index is 0.571. The van der Waals surface area contributed by atoms with E-state index in [1.165, 1.54) is 122 Å². The van der Waals surface area contributed by atoms with Gasteiger partial charge < -0.3 is 4.74 Å². The Morgan fingerprint density at radius 2 is 1.24 bits per heavy atom. The van der Waals surface area contributed by atoms with Gasteiger partial charge in [-0.25, -0.2) is 0 Å². The highest BCUT2D eigenvalue weighted by Gasteiger charge is 2.60. The molecule has 6 aliphatic carbocycles. The molecule has 2 nitrogen and oxygen atoms in total. The number of hydrogen-bond donors (Lipinski definition) is 0. The zero-order chi connectivity index (χ0) is 24.3. The zero-order valence-electron chi connectivity index (χ0n) is 23.6. The summed E-state index contributed by atoms with van der Waals surface area (Å²) in [6.45, 7) is 0. The molecule has 0 N–H and O–H groups in total. The lowest BCUT2D eigenvalue weighted by Gasteiger charge is -2.52. The molecule has 8 aliphatic rings. The van der Waals surface area contributed by atoms with Crippen molar-refractivity contribution in [3.8, 4) is 0 Å². The van der Waals surface area contributed by atoms with Crippen LogP contribution in [0.2, 0.25) is 0 Å². The molecule has 3 heteroatoms. The minimum atomic E-state index is 0.571. The largest absolute Gasteiger partial charge is 0.372 e. The lowest BCUT2D eigenvalue weighted by atomic mass is 9.64. The van der Waals surface area contributed by atoms with Crippen molar-refractivity contribution < 1.29 is 4.74 Å². The first-order valence-electron chi connectivity index (χ1n) is 17.4. The van der Waals surface area contributed by atoms with Gasteiger partial charge in [0.25, 0.3) is 0 Å². The molecule has 8 fully saturated rings. The quantitative estimate of drug-likeness (QED) is 0.366. The Bertz CT molecular complexity index is 797. The number of nitrogens with zero attached hydrogens (tertiary/aromatic N) is 1. The van der Waals surface area contributed by atoms with E-state index >= 15 is 0 Å². The van der Waals surface area contributed by atoms with Crippen LogP contribution in [0.5, 0.6) is 0 Å². The first-order chi connectivity index (χ1) is 18.3. The van der Waals surface area contributed by atoms with E-state index in [9.17, 15) is 0 Å². The zero-order valence-corrected chi connectivity index (χ0v) is 24.4. The Morgan fingerprint density at radius 3 is 2.16 bits per heavy atom. The highest BCUT2D eigenvalue weighted by atomic mass is 32.2. The Labute approximate surface area is 232 Å². The van der Waals surface area contributed by atoms with Gasteiger partial charge >= 0.3 is 0 Å². The van der Waals surface area contributed by atoms with E-state index in [0.29, 0.717) is 12.2 Å². The number of hydrogen-bond acceptors (Lipinski definition) is 3. The molecule has 208 valence electrons. The molecule has 12 atom stereocenters. The van der Waals surface area contributed by atoms with E-state index in [4.69, 9.17) is 4.74 Å². The molecule has 6 saturated carbocycles. The predicted molar refractivity (Wildman–Crippen MR) is 155 cm³/mol. The third-order valence-electron chi connectivity index (χ3n) is 13.6. The summed E-state index contributed by atoms with van der Waals surface area (Å²) in [5, 5.41) is 1.91. The Hall–Kier alpha value is 0.270. The Kier molecular flexibility index (Phi) is 7.16. The molecule has 2 aliphatic heterocycles. The van der Waals surface area contributed by atoms with E-state index in [2.05, 4.69) is 16.7 Å². The third-order valence-corrected chi connectivity index (χ3v) is 15.5. The number of rotatable bonds is 3. The molecule has 0 aromatic heterocycles. The summed E-state index contributed by atoms with van der Waals surface area (Å²) in [6.07, 6.45) is 32.7. The van der Waals surface area contributed by atoms with E-state index in [1.54, 1.807) is 12.8 Å². The van der Waals surface area contributed by atoms with Crippen molar-refractivity contribution in [1.82, 2.24) is 4.90 Å². The van der Waals surface area contributed by atoms with Crippen molar-refractivity contribution in [3.63, 3.8) is 0 Å². The molecule has 0 aromatic carbocycles. The first-order valence-corrected chi connectivity index (χ1v) is 18.4. The molecule has 12 unspecified atom stereocenters. The van der Waals surface area contributed by atoms with E-state index in [1.807, 2.05) is 0 Å². The van der Waals surface area contributed by atoms with Crippen molar-refractivity contribution >= 4 is 11.8 Å². The van der Waals surface area contributed by atoms with Crippen molar-refractivity contribution in [1.29, 1.82) is 0 Å². The molecule has 0 amide bonds. The third kappa shape index (κ3) is 4.41. The van der Waals surface area contributed by atoms with Gasteiger partial charge in [0.2, 0.25) is 0 Å². The Morgan fingerprint density at radius 1 is 0.486 bits per heavy atom. The van der Waals surface area contributed by atoms with Crippen molar-refractivity contribution in [3.05, 3.63) is 0 Å². The second kappa shape index (κ2) is 10.6. The van der Waals surface area contributed by atoms with Crippen LogP contribution < -0.4 is 0 Å². The summed E-state index contributed by atoms with van der Waals surface area (Å²) in [4.78, 5) is 3.25. The highest BCUT2D eigenvalue weighted by molar-refractivity contribution is 8.00. The minimum Gasteiger partial charge on any atom is -0.372 e. The average Bonchev–Trinajstić information content (AvgIpc) is 3.52. The van der Waals surface area contributed by atoms with Gasteiger partial charge in [0.15, 0.2) is 0 Å². The molecule has 0 spiro atoms. The summed E-state index contributed by atoms with van der Waals surface area (Å²) in [7, 11) is 0. The number of ether oxygens (including phenoxy) is 1. The summed E-state index contributed by atoms with van der Waals surface area (Å²) in [5.74, 6) is 5.80. The van der Waals surface area contributed by atoms with Crippen LogP contribution in [0.4, 0.5) is 0 Å². The van der Waals surface area contributed by atoms with Gasteiger partial charge in [0.1, 0.15) is 0 Å². The fourth-order valence-corrected chi connectivity index (χ4v) is 14.2. The highest BCUT2D eigenvalue weighted by Crippen LogP contribution is 2.61. The van der Waals surface area contributed by atoms with Gasteiger partial charge in [-0.3, -0.25) is 4.90 Å². The summed E-state index contributed by atoms with van der Waals surface area (Å²) in [6, 6.07) is 2.48. The molecule has 0 bridgehead atoms. The topological polar surface area (TPSA) is 12.5 Å². The standard InChI is InChI=1S/C34H55NOS/c1-2-11-24(12-3-1)35(25-18-17-22-9-4-5-10-23(22)21-25)29-15-8-14-26-27-19-20-31-32(34(27)36-33(26)29)28-13-6-7-16-30(28)37-31/h22-34H,1-21H2. The van der Waals surface area contributed by atoms with Crippen molar-refractivity contribution in [2.24, 2.45) is 35.5 Å². The van der Waals surface area contributed by atoms with Crippen LogP contribution >= 0.6 is 11.8 Å². The molecular formula is C34H55NOS. The van der Waals surface area contributed by atoms with Crippen LogP contribution in [0.15, 0.2) is 0 Å². The van der Waals surface area contributed by atoms with E-state index < -0.39 is 0 Å².